The Morgan fingerprint density at radius 1 is 1.64 bits per heavy atom. The summed E-state index contributed by atoms with van der Waals surface area (Å²) in [4.78, 5) is 4.47. The highest BCUT2D eigenvalue weighted by Crippen LogP contribution is 2.11. The summed E-state index contributed by atoms with van der Waals surface area (Å²) < 4.78 is 0. The highest BCUT2D eigenvalue weighted by Gasteiger charge is 2.04. The van der Waals surface area contributed by atoms with Gasteiger partial charge in [-0.15, -0.1) is 0 Å². The van der Waals surface area contributed by atoms with E-state index in [-0.39, 0.29) is 0 Å². The molecule has 1 heterocycles. The molecular weight excluding hydrogens is 194 g/mol. The maximum absolute atomic E-state index is 5.55. The van der Waals surface area contributed by atoms with Crippen LogP contribution in [0.5, 0.6) is 0 Å². The van der Waals surface area contributed by atoms with Crippen LogP contribution >= 0.6 is 12.2 Å². The number of nitrogens with zero attached hydrogens (tertiary/aromatic N) is 1. The minimum absolute atomic E-state index is 0.338. The Morgan fingerprint density at radius 2 is 2.43 bits per heavy atom. The molecule has 14 heavy (non-hydrogen) atoms. The molecule has 0 saturated heterocycles. The van der Waals surface area contributed by atoms with Crippen molar-refractivity contribution in [3.05, 3.63) is 24.0 Å². The van der Waals surface area contributed by atoms with Crippen molar-refractivity contribution < 1.29 is 0 Å². The van der Waals surface area contributed by atoms with Crippen molar-refractivity contribution in [3.8, 4) is 0 Å². The number of nitrogens with two attached hydrogens (primary N) is 1. The van der Waals surface area contributed by atoms with Crippen LogP contribution < -0.4 is 11.1 Å². The first-order chi connectivity index (χ1) is 6.75. The minimum atomic E-state index is 0.338. The van der Waals surface area contributed by atoms with E-state index >= 15 is 0 Å². The number of anilines is 1. The molecular formula is C10H15N3S. The SMILES string of the molecule is CCCCNc1cccnc1C(N)=S. The van der Waals surface area contributed by atoms with E-state index in [0.29, 0.717) is 10.7 Å². The Morgan fingerprint density at radius 3 is 3.07 bits per heavy atom. The molecule has 3 N–H and O–H groups in total. The third-order valence-corrected chi connectivity index (χ3v) is 2.08. The van der Waals surface area contributed by atoms with Gasteiger partial charge in [-0.25, -0.2) is 0 Å². The number of rotatable bonds is 5. The fourth-order valence-electron chi connectivity index (χ4n) is 1.14. The van der Waals surface area contributed by atoms with E-state index in [2.05, 4.69) is 17.2 Å². The molecule has 0 saturated carbocycles. The van der Waals surface area contributed by atoms with Crippen molar-refractivity contribution in [2.45, 2.75) is 19.8 Å². The Labute approximate surface area is 89.7 Å². The third kappa shape index (κ3) is 2.96. The van der Waals surface area contributed by atoms with Crippen LogP contribution in [0.2, 0.25) is 0 Å². The molecule has 1 rings (SSSR count). The molecule has 0 aliphatic heterocycles. The van der Waals surface area contributed by atoms with E-state index in [0.717, 1.165) is 25.1 Å². The molecule has 0 aliphatic carbocycles. The average molecular weight is 209 g/mol. The molecule has 0 aromatic carbocycles. The molecule has 0 bridgehead atoms. The van der Waals surface area contributed by atoms with E-state index < -0.39 is 0 Å². The van der Waals surface area contributed by atoms with Crippen LogP contribution in [0, 0.1) is 0 Å². The molecule has 0 radical (unpaired) electrons. The standard InChI is InChI=1S/C10H15N3S/c1-2-3-6-12-8-5-4-7-13-9(8)10(11)14/h4-5,7,12H,2-3,6H2,1H3,(H2,11,14). The summed E-state index contributed by atoms with van der Waals surface area (Å²) in [6.07, 6.45) is 3.99. The topological polar surface area (TPSA) is 50.9 Å². The maximum Gasteiger partial charge on any atom is 0.124 e. The molecule has 0 atom stereocenters. The predicted octanol–water partition coefficient (Wildman–Crippen LogP) is 1.93. The average Bonchev–Trinajstić information content (AvgIpc) is 2.19. The molecule has 0 unspecified atom stereocenters. The van der Waals surface area contributed by atoms with Crippen LogP contribution in [0.1, 0.15) is 25.5 Å². The second kappa shape index (κ2) is 5.54. The molecule has 1 aromatic rings. The molecule has 1 aromatic heterocycles. The second-order valence-corrected chi connectivity index (χ2v) is 3.48. The molecule has 76 valence electrons. The number of aromatic nitrogens is 1. The maximum atomic E-state index is 5.55. The van der Waals surface area contributed by atoms with Crippen molar-refractivity contribution in [1.29, 1.82) is 0 Å². The summed E-state index contributed by atoms with van der Waals surface area (Å²) in [5.74, 6) is 0. The van der Waals surface area contributed by atoms with Crippen molar-refractivity contribution >= 4 is 22.9 Å². The molecule has 3 nitrogen and oxygen atoms in total. The van der Waals surface area contributed by atoms with Crippen LogP contribution in [-0.4, -0.2) is 16.5 Å². The summed E-state index contributed by atoms with van der Waals surface area (Å²) in [6, 6.07) is 3.81. The van der Waals surface area contributed by atoms with Crippen molar-refractivity contribution in [2.75, 3.05) is 11.9 Å². The monoisotopic (exact) mass is 209 g/mol. The van der Waals surface area contributed by atoms with E-state index in [1.54, 1.807) is 6.20 Å². The highest BCUT2D eigenvalue weighted by molar-refractivity contribution is 7.80. The van der Waals surface area contributed by atoms with Gasteiger partial charge in [-0.3, -0.25) is 4.98 Å². The van der Waals surface area contributed by atoms with Gasteiger partial charge in [0.15, 0.2) is 0 Å². The number of thiocarbonyl (C=S) groups is 1. The smallest absolute Gasteiger partial charge is 0.124 e. The fraction of sp³-hybridized carbons (Fsp3) is 0.400. The van der Waals surface area contributed by atoms with E-state index in [1.165, 1.54) is 0 Å². The fourth-order valence-corrected chi connectivity index (χ4v) is 1.31. The van der Waals surface area contributed by atoms with Crippen LogP contribution in [0.3, 0.4) is 0 Å². The molecule has 4 heteroatoms. The molecule has 0 fully saturated rings. The third-order valence-electron chi connectivity index (χ3n) is 1.89. The zero-order chi connectivity index (χ0) is 10.4. The predicted molar refractivity (Wildman–Crippen MR) is 63.5 cm³/mol. The summed E-state index contributed by atoms with van der Waals surface area (Å²) in [7, 11) is 0. The van der Waals surface area contributed by atoms with Gasteiger partial charge in [-0.1, -0.05) is 25.6 Å². The van der Waals surface area contributed by atoms with Crippen molar-refractivity contribution in [1.82, 2.24) is 4.98 Å². The van der Waals surface area contributed by atoms with E-state index in [9.17, 15) is 0 Å². The van der Waals surface area contributed by atoms with Crippen LogP contribution in [0.4, 0.5) is 5.69 Å². The van der Waals surface area contributed by atoms with Gasteiger partial charge in [0.05, 0.1) is 5.69 Å². The number of hydrogen-bond acceptors (Lipinski definition) is 3. The minimum Gasteiger partial charge on any atom is -0.388 e. The number of pyridine rings is 1. The van der Waals surface area contributed by atoms with Gasteiger partial charge in [-0.05, 0) is 18.6 Å². The van der Waals surface area contributed by atoms with Crippen molar-refractivity contribution in [3.63, 3.8) is 0 Å². The van der Waals surface area contributed by atoms with Gasteiger partial charge in [0.1, 0.15) is 10.7 Å². The Bertz CT molecular complexity index is 312. The van der Waals surface area contributed by atoms with Crippen LogP contribution in [-0.2, 0) is 0 Å². The van der Waals surface area contributed by atoms with Gasteiger partial charge in [-0.2, -0.15) is 0 Å². The largest absolute Gasteiger partial charge is 0.388 e. The first-order valence-corrected chi connectivity index (χ1v) is 5.15. The number of unbranched alkanes of at least 4 members (excludes halogenated alkanes) is 1. The summed E-state index contributed by atoms with van der Waals surface area (Å²) in [6.45, 7) is 3.08. The Balaban J connectivity index is 2.69. The van der Waals surface area contributed by atoms with Crippen LogP contribution in [0.25, 0.3) is 0 Å². The first-order valence-electron chi connectivity index (χ1n) is 4.74. The number of hydrogen-bond donors (Lipinski definition) is 2. The van der Waals surface area contributed by atoms with Gasteiger partial charge in [0.2, 0.25) is 0 Å². The van der Waals surface area contributed by atoms with Gasteiger partial charge < -0.3 is 11.1 Å². The summed E-state index contributed by atoms with van der Waals surface area (Å²) >= 11 is 4.90. The summed E-state index contributed by atoms with van der Waals surface area (Å²) in [5.41, 5.74) is 7.15. The Hall–Kier alpha value is -1.16. The van der Waals surface area contributed by atoms with E-state index in [4.69, 9.17) is 18.0 Å². The molecule has 0 spiro atoms. The lowest BCUT2D eigenvalue weighted by Crippen LogP contribution is -2.15. The lowest BCUT2D eigenvalue weighted by atomic mass is 10.2. The number of nitrogens with one attached hydrogen (secondary N) is 1. The quantitative estimate of drug-likeness (QED) is 0.574. The second-order valence-electron chi connectivity index (χ2n) is 3.04. The summed E-state index contributed by atoms with van der Waals surface area (Å²) in [5, 5.41) is 3.27. The van der Waals surface area contributed by atoms with Crippen molar-refractivity contribution in [2.24, 2.45) is 5.73 Å². The van der Waals surface area contributed by atoms with Gasteiger partial charge in [0, 0.05) is 12.7 Å². The van der Waals surface area contributed by atoms with Gasteiger partial charge in [0.25, 0.3) is 0 Å². The zero-order valence-electron chi connectivity index (χ0n) is 8.29. The first kappa shape index (κ1) is 10.9. The Kier molecular flexibility index (Phi) is 4.32. The van der Waals surface area contributed by atoms with Crippen LogP contribution in [0.15, 0.2) is 18.3 Å². The molecule has 0 amide bonds. The van der Waals surface area contributed by atoms with Gasteiger partial charge >= 0.3 is 0 Å². The lowest BCUT2D eigenvalue weighted by Gasteiger charge is -2.08. The van der Waals surface area contributed by atoms with E-state index in [1.807, 2.05) is 12.1 Å². The highest BCUT2D eigenvalue weighted by atomic mass is 32.1. The molecule has 0 aliphatic rings. The zero-order valence-corrected chi connectivity index (χ0v) is 9.10. The lowest BCUT2D eigenvalue weighted by molar-refractivity contribution is 0.833. The normalized spacial score (nSPS) is 9.79.